The van der Waals surface area contributed by atoms with Crippen molar-refractivity contribution in [2.45, 2.75) is 44.2 Å². The van der Waals surface area contributed by atoms with Gasteiger partial charge in [-0.15, -0.1) is 0 Å². The lowest BCUT2D eigenvalue weighted by atomic mass is 10.0. The van der Waals surface area contributed by atoms with Crippen LogP contribution in [0.25, 0.3) is 10.9 Å². The lowest BCUT2D eigenvalue weighted by Crippen LogP contribution is -2.33. The van der Waals surface area contributed by atoms with Gasteiger partial charge in [-0.05, 0) is 49.6 Å². The Balaban J connectivity index is 1.47. The molecule has 1 aromatic heterocycles. The molecule has 1 atom stereocenters. The monoisotopic (exact) mass is 358 g/mol. The zero-order valence-corrected chi connectivity index (χ0v) is 15.7. The molecule has 0 saturated carbocycles. The van der Waals surface area contributed by atoms with E-state index in [1.54, 1.807) is 7.11 Å². The number of hydrogen-bond acceptors (Lipinski definition) is 4. The average molecular weight is 358 g/mol. The van der Waals surface area contributed by atoms with Crippen molar-refractivity contribution in [1.29, 1.82) is 0 Å². The molecular formula is C21H30N2O3. The van der Waals surface area contributed by atoms with E-state index in [0.717, 1.165) is 51.4 Å². The molecule has 26 heavy (non-hydrogen) atoms. The van der Waals surface area contributed by atoms with Crippen LogP contribution in [0.1, 0.15) is 31.2 Å². The maximum absolute atomic E-state index is 6.21. The Morgan fingerprint density at radius 2 is 2.12 bits per heavy atom. The van der Waals surface area contributed by atoms with Crippen LogP contribution in [0.3, 0.4) is 0 Å². The second-order valence-corrected chi connectivity index (χ2v) is 7.48. The average Bonchev–Trinajstić information content (AvgIpc) is 3.28. The molecule has 0 unspecified atom stereocenters. The normalized spacial score (nSPS) is 22.3. The summed E-state index contributed by atoms with van der Waals surface area (Å²) in [6, 6.07) is 7.05. The van der Waals surface area contributed by atoms with Gasteiger partial charge < -0.3 is 19.2 Å². The quantitative estimate of drug-likeness (QED) is 0.824. The van der Waals surface area contributed by atoms with Crippen molar-refractivity contribution in [3.63, 3.8) is 0 Å². The van der Waals surface area contributed by atoms with E-state index >= 15 is 0 Å². The van der Waals surface area contributed by atoms with Gasteiger partial charge in [0.1, 0.15) is 11.9 Å². The maximum atomic E-state index is 6.21. The number of hydrogen-bond donors (Lipinski definition) is 1. The summed E-state index contributed by atoms with van der Waals surface area (Å²) >= 11 is 0. The van der Waals surface area contributed by atoms with Crippen LogP contribution in [0.15, 0.2) is 24.4 Å². The van der Waals surface area contributed by atoms with Gasteiger partial charge in [-0.25, -0.2) is 0 Å². The van der Waals surface area contributed by atoms with Gasteiger partial charge in [-0.3, -0.25) is 4.90 Å². The molecule has 2 saturated heterocycles. The molecule has 0 bridgehead atoms. The molecule has 142 valence electrons. The lowest BCUT2D eigenvalue weighted by molar-refractivity contribution is 0.0256. The Bertz CT molecular complexity index is 708. The molecule has 0 amide bonds. The van der Waals surface area contributed by atoms with Crippen molar-refractivity contribution in [2.75, 3.05) is 40.0 Å². The molecule has 0 aliphatic carbocycles. The Hall–Kier alpha value is -1.56. The molecule has 5 nitrogen and oxygen atoms in total. The number of rotatable bonds is 7. The van der Waals surface area contributed by atoms with E-state index in [2.05, 4.69) is 34.3 Å². The summed E-state index contributed by atoms with van der Waals surface area (Å²) in [6.45, 7) is 4.65. The molecule has 0 spiro atoms. The predicted molar refractivity (Wildman–Crippen MR) is 103 cm³/mol. The fourth-order valence-corrected chi connectivity index (χ4v) is 4.27. The van der Waals surface area contributed by atoms with E-state index in [1.165, 1.54) is 35.9 Å². The number of benzene rings is 1. The minimum Gasteiger partial charge on any atom is -0.490 e. The van der Waals surface area contributed by atoms with Gasteiger partial charge in [0.05, 0.1) is 19.8 Å². The predicted octanol–water partition coefficient (Wildman–Crippen LogP) is 3.38. The molecule has 0 radical (unpaired) electrons. The summed E-state index contributed by atoms with van der Waals surface area (Å²) in [7, 11) is 1.78. The van der Waals surface area contributed by atoms with Crippen molar-refractivity contribution < 1.29 is 14.2 Å². The van der Waals surface area contributed by atoms with Crippen molar-refractivity contribution in [2.24, 2.45) is 0 Å². The topological polar surface area (TPSA) is 46.7 Å². The van der Waals surface area contributed by atoms with Crippen LogP contribution in [-0.4, -0.2) is 62.0 Å². The Morgan fingerprint density at radius 3 is 2.96 bits per heavy atom. The van der Waals surface area contributed by atoms with E-state index in [-0.39, 0.29) is 6.10 Å². The minimum atomic E-state index is 0.281. The third-order valence-corrected chi connectivity index (χ3v) is 5.75. The summed E-state index contributed by atoms with van der Waals surface area (Å²) < 4.78 is 16.9. The first kappa shape index (κ1) is 17.8. The number of ether oxygens (including phenoxy) is 3. The van der Waals surface area contributed by atoms with Gasteiger partial charge in [-0.2, -0.15) is 0 Å². The second kappa shape index (κ2) is 8.42. The number of nitrogens with one attached hydrogen (secondary N) is 1. The molecule has 2 aromatic rings. The fraction of sp³-hybridized carbons (Fsp3) is 0.619. The summed E-state index contributed by atoms with van der Waals surface area (Å²) in [5.41, 5.74) is 2.59. The molecule has 5 heteroatoms. The summed E-state index contributed by atoms with van der Waals surface area (Å²) in [5.74, 6) is 0.980. The number of fused-ring (bicyclic) bond motifs is 1. The largest absolute Gasteiger partial charge is 0.490 e. The first-order valence-corrected chi connectivity index (χ1v) is 9.91. The van der Waals surface area contributed by atoms with Crippen molar-refractivity contribution >= 4 is 10.9 Å². The van der Waals surface area contributed by atoms with E-state index in [9.17, 15) is 0 Å². The zero-order chi connectivity index (χ0) is 17.8. The number of H-pyrrole nitrogens is 1. The molecule has 1 N–H and O–H groups in total. The Kier molecular flexibility index (Phi) is 5.78. The molecule has 2 aliphatic heterocycles. The maximum Gasteiger partial charge on any atom is 0.120 e. The van der Waals surface area contributed by atoms with Gasteiger partial charge in [-0.1, -0.05) is 0 Å². The number of methoxy groups -OCH3 is 1. The molecule has 2 aliphatic rings. The third-order valence-electron chi connectivity index (χ3n) is 5.75. The number of aromatic nitrogens is 1. The summed E-state index contributed by atoms with van der Waals surface area (Å²) in [5, 5.41) is 1.30. The summed E-state index contributed by atoms with van der Waals surface area (Å²) in [6.07, 6.45) is 8.07. The third kappa shape index (κ3) is 4.05. The first-order valence-electron chi connectivity index (χ1n) is 9.91. The Labute approximate surface area is 155 Å². The highest BCUT2D eigenvalue weighted by Gasteiger charge is 2.25. The first-order chi connectivity index (χ1) is 12.8. The molecule has 1 aromatic carbocycles. The van der Waals surface area contributed by atoms with Gasteiger partial charge in [0.15, 0.2) is 0 Å². The van der Waals surface area contributed by atoms with Crippen LogP contribution in [0.2, 0.25) is 0 Å². The number of likely N-dealkylation sites (tertiary alicyclic amines) is 1. The van der Waals surface area contributed by atoms with E-state index in [1.807, 2.05) is 0 Å². The van der Waals surface area contributed by atoms with Crippen LogP contribution in [0.5, 0.6) is 5.75 Å². The van der Waals surface area contributed by atoms with E-state index < -0.39 is 0 Å². The van der Waals surface area contributed by atoms with Gasteiger partial charge in [0, 0.05) is 49.6 Å². The molecule has 2 fully saturated rings. The van der Waals surface area contributed by atoms with Crippen molar-refractivity contribution in [3.8, 4) is 5.75 Å². The number of aromatic amines is 1. The van der Waals surface area contributed by atoms with Crippen LogP contribution >= 0.6 is 0 Å². The molecule has 4 rings (SSSR count). The van der Waals surface area contributed by atoms with Crippen LogP contribution in [-0.2, 0) is 15.9 Å². The standard InChI is InChI=1S/C21H30N2O3/c1-24-12-9-23-8-2-3-17(23)13-16-15-22-21-5-4-19(14-20(16)21)26-18-6-10-25-11-7-18/h4-5,14-15,17-18,22H,2-3,6-13H2,1H3/t17-/m1/s1. The second-order valence-electron chi connectivity index (χ2n) is 7.48. The minimum absolute atomic E-state index is 0.281. The van der Waals surface area contributed by atoms with Gasteiger partial charge in [0.2, 0.25) is 0 Å². The van der Waals surface area contributed by atoms with Crippen LogP contribution in [0.4, 0.5) is 0 Å². The number of nitrogens with zero attached hydrogens (tertiary/aromatic N) is 1. The fourth-order valence-electron chi connectivity index (χ4n) is 4.27. The van der Waals surface area contributed by atoms with E-state index in [0.29, 0.717) is 6.04 Å². The van der Waals surface area contributed by atoms with E-state index in [4.69, 9.17) is 14.2 Å². The summed E-state index contributed by atoms with van der Waals surface area (Å²) in [4.78, 5) is 6.01. The van der Waals surface area contributed by atoms with Crippen molar-refractivity contribution in [3.05, 3.63) is 30.0 Å². The lowest BCUT2D eigenvalue weighted by Gasteiger charge is -2.24. The van der Waals surface area contributed by atoms with Crippen molar-refractivity contribution in [1.82, 2.24) is 9.88 Å². The van der Waals surface area contributed by atoms with Crippen LogP contribution < -0.4 is 4.74 Å². The molecule has 3 heterocycles. The highest BCUT2D eigenvalue weighted by Crippen LogP contribution is 2.29. The molecular weight excluding hydrogens is 328 g/mol. The smallest absolute Gasteiger partial charge is 0.120 e. The SMILES string of the molecule is COCCN1CCC[C@@H]1Cc1c[nH]c2ccc(OC3CCOCC3)cc12. The highest BCUT2D eigenvalue weighted by atomic mass is 16.5. The highest BCUT2D eigenvalue weighted by molar-refractivity contribution is 5.84. The van der Waals surface area contributed by atoms with Gasteiger partial charge >= 0.3 is 0 Å². The van der Waals surface area contributed by atoms with Gasteiger partial charge in [0.25, 0.3) is 0 Å². The zero-order valence-electron chi connectivity index (χ0n) is 15.7. The van der Waals surface area contributed by atoms with Crippen LogP contribution in [0, 0.1) is 0 Å². The Morgan fingerprint density at radius 1 is 1.23 bits per heavy atom.